The van der Waals surface area contributed by atoms with Crippen molar-refractivity contribution in [3.8, 4) is 5.75 Å². The number of ether oxygens (including phenoxy) is 1. The van der Waals surface area contributed by atoms with Gasteiger partial charge in [-0.25, -0.2) is 0 Å². The van der Waals surface area contributed by atoms with E-state index >= 15 is 0 Å². The Morgan fingerprint density at radius 1 is 1.12 bits per heavy atom. The number of carbonyl (C=O) groups excluding carboxylic acids is 2. The third-order valence-corrected chi connectivity index (χ3v) is 7.12. The van der Waals surface area contributed by atoms with Gasteiger partial charge in [-0.3, -0.25) is 9.59 Å². The zero-order valence-corrected chi connectivity index (χ0v) is 19.3. The SMILES string of the molecule is CCOc1ccccc1CN1C(=O)c2cc3ccccc3n2CC1(C)C(=O)NC1CCCC1. The lowest BCUT2D eigenvalue weighted by Gasteiger charge is -2.44. The lowest BCUT2D eigenvalue weighted by atomic mass is 9.93. The van der Waals surface area contributed by atoms with Crippen LogP contribution in [0.15, 0.2) is 54.6 Å². The Hall–Kier alpha value is -3.28. The van der Waals surface area contributed by atoms with E-state index in [1.54, 1.807) is 4.90 Å². The molecule has 172 valence electrons. The molecular weight excluding hydrogens is 414 g/mol. The van der Waals surface area contributed by atoms with E-state index in [2.05, 4.69) is 5.32 Å². The van der Waals surface area contributed by atoms with Gasteiger partial charge in [0.15, 0.2) is 0 Å². The highest BCUT2D eigenvalue weighted by Gasteiger charge is 2.48. The zero-order chi connectivity index (χ0) is 23.0. The van der Waals surface area contributed by atoms with Crippen molar-refractivity contribution < 1.29 is 14.3 Å². The number of amides is 2. The van der Waals surface area contributed by atoms with Gasteiger partial charge in [0.05, 0.1) is 19.7 Å². The molecule has 2 heterocycles. The van der Waals surface area contributed by atoms with Crippen molar-refractivity contribution in [3.05, 3.63) is 65.9 Å². The molecule has 0 saturated heterocycles. The summed E-state index contributed by atoms with van der Waals surface area (Å²) in [6.07, 6.45) is 4.28. The van der Waals surface area contributed by atoms with Crippen LogP contribution in [0.5, 0.6) is 5.75 Å². The van der Waals surface area contributed by atoms with Crippen LogP contribution in [-0.4, -0.2) is 39.5 Å². The molecule has 5 rings (SSSR count). The van der Waals surface area contributed by atoms with E-state index in [-0.39, 0.29) is 17.9 Å². The summed E-state index contributed by atoms with van der Waals surface area (Å²) in [7, 11) is 0. The van der Waals surface area contributed by atoms with Gasteiger partial charge in [0.25, 0.3) is 5.91 Å². The fourth-order valence-corrected chi connectivity index (χ4v) is 5.27. The summed E-state index contributed by atoms with van der Waals surface area (Å²) in [5.41, 5.74) is 1.48. The maximum Gasteiger partial charge on any atom is 0.271 e. The number of hydrogen-bond acceptors (Lipinski definition) is 3. The van der Waals surface area contributed by atoms with Crippen LogP contribution >= 0.6 is 0 Å². The van der Waals surface area contributed by atoms with Crippen molar-refractivity contribution in [1.29, 1.82) is 0 Å². The first kappa shape index (κ1) is 21.6. The third-order valence-electron chi connectivity index (χ3n) is 7.12. The number of hydrogen-bond donors (Lipinski definition) is 1. The van der Waals surface area contributed by atoms with Gasteiger partial charge in [0.1, 0.15) is 17.0 Å². The molecule has 1 aliphatic carbocycles. The Morgan fingerprint density at radius 2 is 1.85 bits per heavy atom. The standard InChI is InChI=1S/C27H31N3O3/c1-3-33-24-15-9-5-11-20(24)17-30-25(31)23-16-19-10-4-8-14-22(19)29(23)18-27(30,2)26(32)28-21-12-6-7-13-21/h4-5,8-11,14-16,21H,3,6-7,12-13,17-18H2,1-2H3,(H,28,32). The average Bonchev–Trinajstić information content (AvgIpc) is 3.46. The Kier molecular flexibility index (Phi) is 5.60. The Balaban J connectivity index is 1.57. The number of aromatic nitrogens is 1. The molecule has 2 aliphatic rings. The first-order chi connectivity index (χ1) is 16.0. The van der Waals surface area contributed by atoms with E-state index in [4.69, 9.17) is 4.74 Å². The quantitative estimate of drug-likeness (QED) is 0.607. The molecule has 0 bridgehead atoms. The number of benzene rings is 2. The molecule has 3 aromatic rings. The second-order valence-electron chi connectivity index (χ2n) is 9.34. The second-order valence-corrected chi connectivity index (χ2v) is 9.34. The molecule has 2 aromatic carbocycles. The molecule has 0 spiro atoms. The molecule has 1 N–H and O–H groups in total. The fourth-order valence-electron chi connectivity index (χ4n) is 5.27. The predicted molar refractivity (Wildman–Crippen MR) is 128 cm³/mol. The Labute approximate surface area is 194 Å². The van der Waals surface area contributed by atoms with E-state index in [0.29, 0.717) is 25.4 Å². The lowest BCUT2D eigenvalue weighted by molar-refractivity contribution is -0.133. The summed E-state index contributed by atoms with van der Waals surface area (Å²) in [6.45, 7) is 5.11. The summed E-state index contributed by atoms with van der Waals surface area (Å²) in [5.74, 6) is 0.533. The van der Waals surface area contributed by atoms with Gasteiger partial charge in [0.2, 0.25) is 5.91 Å². The van der Waals surface area contributed by atoms with E-state index in [1.807, 2.05) is 73.0 Å². The number of rotatable bonds is 6. The molecule has 6 nitrogen and oxygen atoms in total. The zero-order valence-electron chi connectivity index (χ0n) is 19.3. The number of nitrogens with zero attached hydrogens (tertiary/aromatic N) is 2. The number of carbonyl (C=O) groups is 2. The smallest absolute Gasteiger partial charge is 0.271 e. The normalized spacial score (nSPS) is 20.8. The van der Waals surface area contributed by atoms with Gasteiger partial charge in [-0.15, -0.1) is 0 Å². The van der Waals surface area contributed by atoms with Crippen molar-refractivity contribution in [2.24, 2.45) is 0 Å². The van der Waals surface area contributed by atoms with Gasteiger partial charge in [-0.2, -0.15) is 0 Å². The predicted octanol–water partition coefficient (Wildman–Crippen LogP) is 4.51. The van der Waals surface area contributed by atoms with Crippen molar-refractivity contribution in [1.82, 2.24) is 14.8 Å². The van der Waals surface area contributed by atoms with Crippen molar-refractivity contribution in [2.45, 2.75) is 64.2 Å². The highest BCUT2D eigenvalue weighted by molar-refractivity contribution is 6.03. The van der Waals surface area contributed by atoms with E-state index in [0.717, 1.165) is 47.9 Å². The molecular formula is C27H31N3O3. The monoisotopic (exact) mass is 445 g/mol. The van der Waals surface area contributed by atoms with Crippen LogP contribution in [0, 0.1) is 0 Å². The van der Waals surface area contributed by atoms with Crippen molar-refractivity contribution in [2.75, 3.05) is 6.61 Å². The molecule has 1 saturated carbocycles. The number of para-hydroxylation sites is 2. The van der Waals surface area contributed by atoms with Gasteiger partial charge in [-0.05, 0) is 44.9 Å². The minimum absolute atomic E-state index is 0.0833. The molecule has 6 heteroatoms. The minimum Gasteiger partial charge on any atom is -0.494 e. The van der Waals surface area contributed by atoms with Gasteiger partial charge in [-0.1, -0.05) is 49.2 Å². The average molecular weight is 446 g/mol. The van der Waals surface area contributed by atoms with E-state index < -0.39 is 5.54 Å². The molecule has 1 atom stereocenters. The molecule has 1 fully saturated rings. The highest BCUT2D eigenvalue weighted by Crippen LogP contribution is 2.35. The Bertz CT molecular complexity index is 1190. The van der Waals surface area contributed by atoms with Crippen LogP contribution in [0.3, 0.4) is 0 Å². The molecule has 2 amide bonds. The van der Waals surface area contributed by atoms with Crippen LogP contribution < -0.4 is 10.1 Å². The largest absolute Gasteiger partial charge is 0.494 e. The van der Waals surface area contributed by atoms with Gasteiger partial charge >= 0.3 is 0 Å². The maximum absolute atomic E-state index is 13.9. The van der Waals surface area contributed by atoms with Crippen LogP contribution in [0.2, 0.25) is 0 Å². The summed E-state index contributed by atoms with van der Waals surface area (Å²) in [4.78, 5) is 29.4. The number of nitrogens with one attached hydrogen (secondary N) is 1. The summed E-state index contributed by atoms with van der Waals surface area (Å²) in [6, 6.07) is 17.9. The first-order valence-electron chi connectivity index (χ1n) is 11.9. The van der Waals surface area contributed by atoms with Gasteiger partial charge < -0.3 is 19.5 Å². The van der Waals surface area contributed by atoms with Crippen LogP contribution in [0.25, 0.3) is 10.9 Å². The first-order valence-corrected chi connectivity index (χ1v) is 11.9. The highest BCUT2D eigenvalue weighted by atomic mass is 16.5. The topological polar surface area (TPSA) is 63.6 Å². The minimum atomic E-state index is -1.02. The summed E-state index contributed by atoms with van der Waals surface area (Å²) in [5, 5.41) is 4.27. The maximum atomic E-state index is 13.9. The Morgan fingerprint density at radius 3 is 2.64 bits per heavy atom. The summed E-state index contributed by atoms with van der Waals surface area (Å²) < 4.78 is 7.83. The van der Waals surface area contributed by atoms with Crippen LogP contribution in [-0.2, 0) is 17.9 Å². The van der Waals surface area contributed by atoms with Crippen molar-refractivity contribution >= 4 is 22.7 Å². The summed E-state index contributed by atoms with van der Waals surface area (Å²) >= 11 is 0. The fraction of sp³-hybridized carbons (Fsp3) is 0.407. The molecule has 0 radical (unpaired) electrons. The molecule has 1 aromatic heterocycles. The molecule has 1 unspecified atom stereocenters. The van der Waals surface area contributed by atoms with E-state index in [1.165, 1.54) is 0 Å². The molecule has 1 aliphatic heterocycles. The lowest BCUT2D eigenvalue weighted by Crippen LogP contribution is -2.64. The van der Waals surface area contributed by atoms with Gasteiger partial charge in [0, 0.05) is 22.5 Å². The molecule has 33 heavy (non-hydrogen) atoms. The van der Waals surface area contributed by atoms with E-state index in [9.17, 15) is 9.59 Å². The van der Waals surface area contributed by atoms with Crippen molar-refractivity contribution in [3.63, 3.8) is 0 Å². The number of fused-ring (bicyclic) bond motifs is 3. The second kappa shape index (κ2) is 8.58. The van der Waals surface area contributed by atoms with Crippen LogP contribution in [0.4, 0.5) is 0 Å². The van der Waals surface area contributed by atoms with Crippen LogP contribution in [0.1, 0.15) is 55.6 Å². The third kappa shape index (κ3) is 3.77.